The van der Waals surface area contributed by atoms with Crippen LogP contribution in [-0.2, 0) is 14.3 Å². The summed E-state index contributed by atoms with van der Waals surface area (Å²) in [7, 11) is 1.57. The number of amides is 2. The number of ether oxygens (including phenoxy) is 2. The Labute approximate surface area is 164 Å². The van der Waals surface area contributed by atoms with E-state index in [-0.39, 0.29) is 6.10 Å². The number of rotatable bonds is 6. The highest BCUT2D eigenvalue weighted by Crippen LogP contribution is 2.21. The van der Waals surface area contributed by atoms with Gasteiger partial charge in [0.25, 0.3) is 0 Å². The molecule has 3 rings (SSSR count). The zero-order chi connectivity index (χ0) is 19.8. The molecule has 0 radical (unpaired) electrons. The Morgan fingerprint density at radius 2 is 1.86 bits per heavy atom. The molecule has 2 aromatic rings. The molecule has 1 saturated heterocycles. The van der Waals surface area contributed by atoms with Crippen LogP contribution in [-0.4, -0.2) is 56.6 Å². The lowest BCUT2D eigenvalue weighted by Crippen LogP contribution is -2.44. The van der Waals surface area contributed by atoms with Crippen molar-refractivity contribution in [2.45, 2.75) is 6.10 Å². The van der Waals surface area contributed by atoms with Gasteiger partial charge in [-0.2, -0.15) is 0 Å². The highest BCUT2D eigenvalue weighted by atomic mass is 16.5. The topological polar surface area (TPSA) is 79.9 Å². The van der Waals surface area contributed by atoms with Crippen LogP contribution in [0.4, 0.5) is 5.69 Å². The number of anilines is 1. The van der Waals surface area contributed by atoms with E-state index in [0.717, 1.165) is 18.7 Å². The Hall–Kier alpha value is -2.90. The molecule has 0 spiro atoms. The third-order valence-electron chi connectivity index (χ3n) is 4.59. The Bertz CT molecular complexity index is 780. The van der Waals surface area contributed by atoms with Gasteiger partial charge in [-0.15, -0.1) is 0 Å². The number of nitrogens with zero attached hydrogens (tertiary/aromatic N) is 1. The monoisotopic (exact) mass is 383 g/mol. The van der Waals surface area contributed by atoms with Crippen LogP contribution in [0.2, 0.25) is 0 Å². The minimum absolute atomic E-state index is 0.0315. The molecule has 7 heteroatoms. The summed E-state index contributed by atoms with van der Waals surface area (Å²) in [4.78, 5) is 26.2. The van der Waals surface area contributed by atoms with Crippen molar-refractivity contribution in [1.82, 2.24) is 10.2 Å². The Morgan fingerprint density at radius 1 is 1.11 bits per heavy atom. The lowest BCUT2D eigenvalue weighted by molar-refractivity contribution is -0.136. The van der Waals surface area contributed by atoms with Crippen molar-refractivity contribution in [2.75, 3.05) is 45.2 Å². The van der Waals surface area contributed by atoms with Gasteiger partial charge in [-0.05, 0) is 29.8 Å². The second-order valence-corrected chi connectivity index (χ2v) is 6.51. The van der Waals surface area contributed by atoms with Crippen LogP contribution < -0.4 is 15.4 Å². The molecule has 1 heterocycles. The molecule has 0 saturated carbocycles. The molecule has 1 aliphatic rings. The van der Waals surface area contributed by atoms with E-state index in [1.54, 1.807) is 31.4 Å². The van der Waals surface area contributed by atoms with Crippen LogP contribution in [0.3, 0.4) is 0 Å². The van der Waals surface area contributed by atoms with Crippen LogP contribution in [0.15, 0.2) is 54.6 Å². The van der Waals surface area contributed by atoms with Gasteiger partial charge in [0, 0.05) is 31.9 Å². The summed E-state index contributed by atoms with van der Waals surface area (Å²) >= 11 is 0. The van der Waals surface area contributed by atoms with Crippen molar-refractivity contribution in [2.24, 2.45) is 0 Å². The summed E-state index contributed by atoms with van der Waals surface area (Å²) in [5.74, 6) is -0.653. The lowest BCUT2D eigenvalue weighted by atomic mass is 10.1. The summed E-state index contributed by atoms with van der Waals surface area (Å²) in [6.07, 6.45) is 0.0315. The van der Waals surface area contributed by atoms with Gasteiger partial charge in [-0.3, -0.25) is 14.5 Å². The number of methoxy groups -OCH3 is 1. The predicted octanol–water partition coefficient (Wildman–Crippen LogP) is 1.82. The largest absolute Gasteiger partial charge is 0.497 e. The number of morpholine rings is 1. The van der Waals surface area contributed by atoms with Gasteiger partial charge in [0.2, 0.25) is 0 Å². The third kappa shape index (κ3) is 5.55. The van der Waals surface area contributed by atoms with E-state index < -0.39 is 11.8 Å². The van der Waals surface area contributed by atoms with Crippen molar-refractivity contribution >= 4 is 17.5 Å². The number of benzene rings is 2. The van der Waals surface area contributed by atoms with Gasteiger partial charge >= 0.3 is 11.8 Å². The fourth-order valence-corrected chi connectivity index (χ4v) is 3.05. The van der Waals surface area contributed by atoms with Crippen LogP contribution in [0.1, 0.15) is 11.7 Å². The quantitative estimate of drug-likeness (QED) is 0.744. The third-order valence-corrected chi connectivity index (χ3v) is 4.59. The molecule has 0 bridgehead atoms. The molecule has 1 aliphatic heterocycles. The molecule has 1 fully saturated rings. The SMILES string of the molecule is COc1ccc(NC(=O)C(=O)NCCN2CCOC(c3ccccc3)C2)cc1. The molecule has 2 amide bonds. The molecular formula is C21H25N3O4. The van der Waals surface area contributed by atoms with Crippen molar-refractivity contribution in [1.29, 1.82) is 0 Å². The average Bonchev–Trinajstić information content (AvgIpc) is 2.75. The minimum Gasteiger partial charge on any atom is -0.497 e. The van der Waals surface area contributed by atoms with E-state index in [0.29, 0.717) is 31.1 Å². The maximum atomic E-state index is 12.0. The van der Waals surface area contributed by atoms with Gasteiger partial charge in [0.1, 0.15) is 5.75 Å². The van der Waals surface area contributed by atoms with Gasteiger partial charge in [0.15, 0.2) is 0 Å². The van der Waals surface area contributed by atoms with E-state index in [1.807, 2.05) is 18.2 Å². The van der Waals surface area contributed by atoms with Gasteiger partial charge in [0.05, 0.1) is 19.8 Å². The first kappa shape index (κ1) is 19.9. The normalized spacial score (nSPS) is 17.0. The fraction of sp³-hybridized carbons (Fsp3) is 0.333. The number of carbonyl (C=O) groups is 2. The van der Waals surface area contributed by atoms with Gasteiger partial charge < -0.3 is 20.1 Å². The van der Waals surface area contributed by atoms with E-state index in [1.165, 1.54) is 0 Å². The standard InChI is InChI=1S/C21H25N3O4/c1-27-18-9-7-17(8-10-18)23-21(26)20(25)22-11-12-24-13-14-28-19(15-24)16-5-3-2-4-6-16/h2-10,19H,11-15H2,1H3,(H,22,25)(H,23,26). The van der Waals surface area contributed by atoms with Crippen LogP contribution in [0, 0.1) is 0 Å². The maximum Gasteiger partial charge on any atom is 0.313 e. The van der Waals surface area contributed by atoms with Crippen LogP contribution >= 0.6 is 0 Å². The average molecular weight is 383 g/mol. The second-order valence-electron chi connectivity index (χ2n) is 6.51. The fourth-order valence-electron chi connectivity index (χ4n) is 3.05. The maximum absolute atomic E-state index is 12.0. The number of hydrogen-bond acceptors (Lipinski definition) is 5. The number of hydrogen-bond donors (Lipinski definition) is 2. The number of carbonyl (C=O) groups excluding carboxylic acids is 2. The van der Waals surface area contributed by atoms with Crippen molar-refractivity contribution in [3.63, 3.8) is 0 Å². The van der Waals surface area contributed by atoms with E-state index >= 15 is 0 Å². The van der Waals surface area contributed by atoms with Gasteiger partial charge in [-0.25, -0.2) is 0 Å². The zero-order valence-electron chi connectivity index (χ0n) is 15.9. The molecule has 7 nitrogen and oxygen atoms in total. The Kier molecular flexibility index (Phi) is 7.00. The second kappa shape index (κ2) is 9.87. The summed E-state index contributed by atoms with van der Waals surface area (Å²) in [6, 6.07) is 16.9. The molecule has 0 aromatic heterocycles. The first-order chi connectivity index (χ1) is 13.7. The summed E-state index contributed by atoms with van der Waals surface area (Å²) in [6.45, 7) is 3.27. The first-order valence-corrected chi connectivity index (χ1v) is 9.28. The molecule has 2 aromatic carbocycles. The molecule has 0 aliphatic carbocycles. The smallest absolute Gasteiger partial charge is 0.313 e. The molecular weight excluding hydrogens is 358 g/mol. The lowest BCUT2D eigenvalue weighted by Gasteiger charge is -2.33. The van der Waals surface area contributed by atoms with Crippen LogP contribution in [0.25, 0.3) is 0 Å². The summed E-state index contributed by atoms with van der Waals surface area (Å²) < 4.78 is 10.9. The van der Waals surface area contributed by atoms with E-state index in [2.05, 4.69) is 27.7 Å². The Morgan fingerprint density at radius 3 is 2.57 bits per heavy atom. The summed E-state index contributed by atoms with van der Waals surface area (Å²) in [5.41, 5.74) is 1.69. The molecule has 2 N–H and O–H groups in total. The van der Waals surface area contributed by atoms with Gasteiger partial charge in [-0.1, -0.05) is 30.3 Å². The highest BCUT2D eigenvalue weighted by molar-refractivity contribution is 6.39. The van der Waals surface area contributed by atoms with Crippen molar-refractivity contribution in [3.05, 3.63) is 60.2 Å². The Balaban J connectivity index is 1.41. The molecule has 1 unspecified atom stereocenters. The first-order valence-electron chi connectivity index (χ1n) is 9.28. The molecule has 28 heavy (non-hydrogen) atoms. The van der Waals surface area contributed by atoms with Crippen molar-refractivity contribution < 1.29 is 19.1 Å². The van der Waals surface area contributed by atoms with Crippen molar-refractivity contribution in [3.8, 4) is 5.75 Å². The highest BCUT2D eigenvalue weighted by Gasteiger charge is 2.22. The zero-order valence-corrected chi connectivity index (χ0v) is 15.9. The van der Waals surface area contributed by atoms with E-state index in [9.17, 15) is 9.59 Å². The van der Waals surface area contributed by atoms with Crippen LogP contribution in [0.5, 0.6) is 5.75 Å². The number of nitrogens with one attached hydrogen (secondary N) is 2. The minimum atomic E-state index is -0.686. The molecule has 1 atom stereocenters. The van der Waals surface area contributed by atoms with E-state index in [4.69, 9.17) is 9.47 Å². The predicted molar refractivity (Wildman–Crippen MR) is 106 cm³/mol. The summed E-state index contributed by atoms with van der Waals surface area (Å²) in [5, 5.41) is 5.24. The molecule has 148 valence electrons.